The van der Waals surface area contributed by atoms with Crippen molar-refractivity contribution >= 4 is 5.78 Å². The molecule has 0 saturated heterocycles. The highest BCUT2D eigenvalue weighted by molar-refractivity contribution is 5.88. The van der Waals surface area contributed by atoms with Crippen molar-refractivity contribution in [2.75, 3.05) is 7.11 Å². The molecule has 0 radical (unpaired) electrons. The van der Waals surface area contributed by atoms with E-state index in [1.807, 2.05) is 18.2 Å². The minimum absolute atomic E-state index is 0.287. The number of ether oxygens (including phenoxy) is 1. The first-order valence-electron chi connectivity index (χ1n) is 3.97. The summed E-state index contributed by atoms with van der Waals surface area (Å²) in [4.78, 5) is 11.1. The highest BCUT2D eigenvalue weighted by Gasteiger charge is 2.20. The number of fused-ring (bicyclic) bond motifs is 1. The second-order valence-electron chi connectivity index (χ2n) is 2.99. The smallest absolute Gasteiger partial charge is 0.141 e. The van der Waals surface area contributed by atoms with Crippen molar-refractivity contribution in [2.45, 2.75) is 12.8 Å². The van der Waals surface area contributed by atoms with Gasteiger partial charge in [-0.3, -0.25) is 4.79 Å². The number of carbonyl (C=O) groups excluding carboxylic acids is 1. The first kappa shape index (κ1) is 7.35. The fraction of sp³-hybridized carbons (Fsp3) is 0.300. The third kappa shape index (κ3) is 0.998. The molecule has 12 heavy (non-hydrogen) atoms. The van der Waals surface area contributed by atoms with Gasteiger partial charge in [-0.15, -0.1) is 0 Å². The van der Waals surface area contributed by atoms with Crippen molar-refractivity contribution in [2.24, 2.45) is 0 Å². The van der Waals surface area contributed by atoms with E-state index in [0.717, 1.165) is 16.9 Å². The van der Waals surface area contributed by atoms with Crippen molar-refractivity contribution in [3.63, 3.8) is 0 Å². The molecule has 0 aliphatic heterocycles. The Morgan fingerprint density at radius 1 is 1.33 bits per heavy atom. The van der Waals surface area contributed by atoms with Crippen LogP contribution in [0.15, 0.2) is 18.2 Å². The molecule has 0 bridgehead atoms. The fourth-order valence-corrected chi connectivity index (χ4v) is 1.64. The van der Waals surface area contributed by atoms with E-state index in [4.69, 9.17) is 4.74 Å². The van der Waals surface area contributed by atoms with Gasteiger partial charge in [-0.1, -0.05) is 12.1 Å². The van der Waals surface area contributed by atoms with Crippen LogP contribution in [0.3, 0.4) is 0 Å². The van der Waals surface area contributed by atoms with Crippen LogP contribution in [0.5, 0.6) is 5.75 Å². The molecule has 0 heterocycles. The highest BCUT2D eigenvalue weighted by Crippen LogP contribution is 2.28. The van der Waals surface area contributed by atoms with Gasteiger partial charge in [0.15, 0.2) is 0 Å². The number of methoxy groups -OCH3 is 1. The van der Waals surface area contributed by atoms with E-state index in [-0.39, 0.29) is 5.78 Å². The summed E-state index contributed by atoms with van der Waals surface area (Å²) in [5.41, 5.74) is 2.20. The Labute approximate surface area is 71.2 Å². The average molecular weight is 162 g/mol. The van der Waals surface area contributed by atoms with Gasteiger partial charge in [-0.05, 0) is 11.6 Å². The van der Waals surface area contributed by atoms with Crippen LogP contribution >= 0.6 is 0 Å². The lowest BCUT2D eigenvalue weighted by atomic mass is 10.1. The van der Waals surface area contributed by atoms with Gasteiger partial charge in [0.1, 0.15) is 11.5 Å². The van der Waals surface area contributed by atoms with Crippen LogP contribution in [-0.2, 0) is 17.6 Å². The van der Waals surface area contributed by atoms with Crippen LogP contribution in [0.2, 0.25) is 0 Å². The third-order valence-corrected chi connectivity index (χ3v) is 2.21. The lowest BCUT2D eigenvalue weighted by Gasteiger charge is -2.04. The summed E-state index contributed by atoms with van der Waals surface area (Å²) in [6.07, 6.45) is 1.12. The van der Waals surface area contributed by atoms with E-state index in [2.05, 4.69) is 0 Å². The Morgan fingerprint density at radius 2 is 2.17 bits per heavy atom. The monoisotopic (exact) mass is 162 g/mol. The first-order valence-corrected chi connectivity index (χ1v) is 3.97. The summed E-state index contributed by atoms with van der Waals surface area (Å²) in [7, 11) is 1.64. The van der Waals surface area contributed by atoms with Gasteiger partial charge >= 0.3 is 0 Å². The standard InChI is InChI=1S/C10H10O2/c1-12-10-4-2-3-7-5-8(11)6-9(7)10/h2-4H,5-6H2,1H3. The van der Waals surface area contributed by atoms with Gasteiger partial charge in [0.2, 0.25) is 0 Å². The van der Waals surface area contributed by atoms with Crippen molar-refractivity contribution < 1.29 is 9.53 Å². The van der Waals surface area contributed by atoms with Gasteiger partial charge < -0.3 is 4.74 Å². The Kier molecular flexibility index (Phi) is 1.61. The molecule has 62 valence electrons. The molecule has 2 rings (SSSR count). The summed E-state index contributed by atoms with van der Waals surface area (Å²) in [5, 5.41) is 0. The van der Waals surface area contributed by atoms with E-state index in [9.17, 15) is 4.79 Å². The second kappa shape index (κ2) is 2.63. The van der Waals surface area contributed by atoms with Gasteiger partial charge in [0, 0.05) is 18.4 Å². The zero-order valence-electron chi connectivity index (χ0n) is 6.96. The summed E-state index contributed by atoms with van der Waals surface area (Å²) in [5.74, 6) is 1.13. The maximum Gasteiger partial charge on any atom is 0.141 e. The molecule has 0 atom stereocenters. The Balaban J connectivity index is 2.51. The van der Waals surface area contributed by atoms with Gasteiger partial charge in [-0.25, -0.2) is 0 Å². The molecular formula is C10H10O2. The number of carbonyl (C=O) groups is 1. The molecule has 0 saturated carbocycles. The number of hydrogen-bond donors (Lipinski definition) is 0. The number of Topliss-reactive ketones (excluding diaryl/α,β-unsaturated/α-hetero) is 1. The van der Waals surface area contributed by atoms with E-state index in [1.54, 1.807) is 7.11 Å². The van der Waals surface area contributed by atoms with E-state index < -0.39 is 0 Å². The molecular weight excluding hydrogens is 152 g/mol. The largest absolute Gasteiger partial charge is 0.496 e. The summed E-state index contributed by atoms with van der Waals surface area (Å²) >= 11 is 0. The average Bonchev–Trinajstić information content (AvgIpc) is 2.44. The molecule has 1 aromatic carbocycles. The molecule has 2 nitrogen and oxygen atoms in total. The minimum atomic E-state index is 0.287. The molecule has 0 amide bonds. The first-order chi connectivity index (χ1) is 5.81. The molecule has 0 N–H and O–H groups in total. The number of rotatable bonds is 1. The molecule has 0 spiro atoms. The lowest BCUT2D eigenvalue weighted by Crippen LogP contribution is -1.94. The van der Waals surface area contributed by atoms with Gasteiger partial charge in [0.05, 0.1) is 7.11 Å². The minimum Gasteiger partial charge on any atom is -0.496 e. The predicted molar refractivity (Wildman–Crippen MR) is 45.4 cm³/mol. The Bertz CT molecular complexity index is 329. The quantitative estimate of drug-likeness (QED) is 0.623. The molecule has 2 heteroatoms. The Hall–Kier alpha value is -1.31. The summed E-state index contributed by atoms with van der Waals surface area (Å²) in [6.45, 7) is 0. The van der Waals surface area contributed by atoms with Crippen LogP contribution in [-0.4, -0.2) is 12.9 Å². The zero-order chi connectivity index (χ0) is 8.55. The van der Waals surface area contributed by atoms with Crippen LogP contribution in [0, 0.1) is 0 Å². The number of benzene rings is 1. The maximum atomic E-state index is 11.1. The van der Waals surface area contributed by atoms with Crippen LogP contribution in [0.4, 0.5) is 0 Å². The Morgan fingerprint density at radius 3 is 2.92 bits per heavy atom. The van der Waals surface area contributed by atoms with Crippen LogP contribution in [0.25, 0.3) is 0 Å². The summed E-state index contributed by atoms with van der Waals surface area (Å²) in [6, 6.07) is 5.82. The topological polar surface area (TPSA) is 26.3 Å². The highest BCUT2D eigenvalue weighted by atomic mass is 16.5. The SMILES string of the molecule is COc1cccc2c1CC(=O)C2. The molecule has 0 aromatic heterocycles. The molecule has 1 aromatic rings. The van der Waals surface area contributed by atoms with E-state index in [0.29, 0.717) is 12.8 Å². The van der Waals surface area contributed by atoms with E-state index >= 15 is 0 Å². The van der Waals surface area contributed by atoms with E-state index in [1.165, 1.54) is 0 Å². The number of hydrogen-bond acceptors (Lipinski definition) is 2. The maximum absolute atomic E-state index is 11.1. The zero-order valence-corrected chi connectivity index (χ0v) is 6.96. The normalized spacial score (nSPS) is 14.6. The van der Waals surface area contributed by atoms with Crippen molar-refractivity contribution in [1.82, 2.24) is 0 Å². The fourth-order valence-electron chi connectivity index (χ4n) is 1.64. The molecule has 0 unspecified atom stereocenters. The van der Waals surface area contributed by atoms with Gasteiger partial charge in [0.25, 0.3) is 0 Å². The molecule has 1 aliphatic rings. The van der Waals surface area contributed by atoms with Gasteiger partial charge in [-0.2, -0.15) is 0 Å². The predicted octanol–water partition coefficient (Wildman–Crippen LogP) is 1.36. The van der Waals surface area contributed by atoms with Crippen LogP contribution < -0.4 is 4.74 Å². The second-order valence-corrected chi connectivity index (χ2v) is 2.99. The summed E-state index contributed by atoms with van der Waals surface area (Å²) < 4.78 is 5.15. The van der Waals surface area contributed by atoms with Crippen molar-refractivity contribution in [3.8, 4) is 5.75 Å². The van der Waals surface area contributed by atoms with Crippen molar-refractivity contribution in [3.05, 3.63) is 29.3 Å². The number of ketones is 1. The molecule has 1 aliphatic carbocycles. The lowest BCUT2D eigenvalue weighted by molar-refractivity contribution is -0.117. The molecule has 0 fully saturated rings. The van der Waals surface area contributed by atoms with Crippen molar-refractivity contribution in [1.29, 1.82) is 0 Å². The third-order valence-electron chi connectivity index (χ3n) is 2.21. The van der Waals surface area contributed by atoms with Crippen LogP contribution in [0.1, 0.15) is 11.1 Å².